The molecule has 130 valence electrons. The largest absolute Gasteiger partial charge is 0.355 e. The van der Waals surface area contributed by atoms with Gasteiger partial charge in [-0.2, -0.15) is 4.72 Å². The van der Waals surface area contributed by atoms with Crippen LogP contribution in [0.4, 0.5) is 0 Å². The zero-order chi connectivity index (χ0) is 17.2. The lowest BCUT2D eigenvalue weighted by molar-refractivity contribution is -0.124. The minimum Gasteiger partial charge on any atom is -0.355 e. The van der Waals surface area contributed by atoms with E-state index in [0.29, 0.717) is 18.5 Å². The minimum absolute atomic E-state index is 0.0545. The summed E-state index contributed by atoms with van der Waals surface area (Å²) in [4.78, 5) is 25.8. The molecule has 2 aliphatic rings. The summed E-state index contributed by atoms with van der Waals surface area (Å²) in [5, 5.41) is 2.65. The summed E-state index contributed by atoms with van der Waals surface area (Å²) in [6.07, 6.45) is 3.23. The van der Waals surface area contributed by atoms with Crippen molar-refractivity contribution in [2.24, 2.45) is 0 Å². The lowest BCUT2D eigenvalue weighted by atomic mass is 10.1. The van der Waals surface area contributed by atoms with Crippen molar-refractivity contribution < 1.29 is 18.0 Å². The number of amides is 2. The van der Waals surface area contributed by atoms with Crippen molar-refractivity contribution in [3.63, 3.8) is 0 Å². The molecule has 7 nitrogen and oxygen atoms in total. The van der Waals surface area contributed by atoms with Gasteiger partial charge in [0.1, 0.15) is 6.04 Å². The van der Waals surface area contributed by atoms with Crippen LogP contribution in [-0.4, -0.2) is 50.8 Å². The van der Waals surface area contributed by atoms with E-state index in [0.717, 1.165) is 32.4 Å². The number of benzene rings is 1. The van der Waals surface area contributed by atoms with Crippen LogP contribution in [0.2, 0.25) is 0 Å². The molecule has 1 atom stereocenters. The lowest BCUT2D eigenvalue weighted by Gasteiger charge is -2.22. The van der Waals surface area contributed by atoms with Crippen LogP contribution in [0.3, 0.4) is 0 Å². The number of nitrogens with one attached hydrogen (secondary N) is 2. The summed E-state index contributed by atoms with van der Waals surface area (Å²) >= 11 is 0. The van der Waals surface area contributed by atoms with E-state index in [4.69, 9.17) is 0 Å². The molecule has 2 amide bonds. The molecule has 0 aliphatic carbocycles. The van der Waals surface area contributed by atoms with Gasteiger partial charge in [-0.3, -0.25) is 9.59 Å². The first-order valence-electron chi connectivity index (χ1n) is 8.17. The Balaban J connectivity index is 1.71. The molecule has 0 aromatic heterocycles. The van der Waals surface area contributed by atoms with Gasteiger partial charge in [0.15, 0.2) is 0 Å². The van der Waals surface area contributed by atoms with Crippen molar-refractivity contribution in [2.75, 3.05) is 19.6 Å². The van der Waals surface area contributed by atoms with Gasteiger partial charge in [0.25, 0.3) is 5.91 Å². The molecular weight excluding hydrogens is 330 g/mol. The summed E-state index contributed by atoms with van der Waals surface area (Å²) in [7, 11) is -3.79. The number of nitrogens with zero attached hydrogens (tertiary/aromatic N) is 1. The number of likely N-dealkylation sites (tertiary alicyclic amines) is 1. The van der Waals surface area contributed by atoms with Gasteiger partial charge in [0.2, 0.25) is 15.9 Å². The van der Waals surface area contributed by atoms with Crippen molar-refractivity contribution in [3.05, 3.63) is 29.8 Å². The molecule has 0 unspecified atom stereocenters. The van der Waals surface area contributed by atoms with Crippen molar-refractivity contribution in [1.29, 1.82) is 0 Å². The van der Waals surface area contributed by atoms with Gasteiger partial charge in [-0.25, -0.2) is 8.42 Å². The molecule has 24 heavy (non-hydrogen) atoms. The van der Waals surface area contributed by atoms with E-state index in [9.17, 15) is 18.0 Å². The van der Waals surface area contributed by atoms with E-state index in [-0.39, 0.29) is 16.7 Å². The van der Waals surface area contributed by atoms with Gasteiger partial charge in [0, 0.05) is 25.2 Å². The fraction of sp³-hybridized carbons (Fsp3) is 0.500. The predicted octanol–water partition coefficient (Wildman–Crippen LogP) is 0.480. The van der Waals surface area contributed by atoms with Gasteiger partial charge < -0.3 is 10.2 Å². The van der Waals surface area contributed by atoms with Crippen molar-refractivity contribution in [3.8, 4) is 0 Å². The van der Waals surface area contributed by atoms with Gasteiger partial charge in [-0.15, -0.1) is 0 Å². The molecule has 8 heteroatoms. The van der Waals surface area contributed by atoms with E-state index in [2.05, 4.69) is 10.0 Å². The van der Waals surface area contributed by atoms with Crippen molar-refractivity contribution in [2.45, 2.75) is 36.6 Å². The van der Waals surface area contributed by atoms with Crippen LogP contribution in [-0.2, 0) is 14.8 Å². The lowest BCUT2D eigenvalue weighted by Crippen LogP contribution is -2.50. The number of carbonyl (C=O) groups is 2. The average Bonchev–Trinajstić information content (AvgIpc) is 3.11. The van der Waals surface area contributed by atoms with E-state index >= 15 is 0 Å². The third-order valence-corrected chi connectivity index (χ3v) is 5.88. The normalized spacial score (nSPS) is 21.6. The zero-order valence-corrected chi connectivity index (χ0v) is 14.1. The Hall–Kier alpha value is -1.93. The van der Waals surface area contributed by atoms with Gasteiger partial charge in [0.05, 0.1) is 4.90 Å². The molecule has 2 heterocycles. The predicted molar refractivity (Wildman–Crippen MR) is 87.9 cm³/mol. The molecule has 1 aromatic carbocycles. The standard InChI is InChI=1S/C16H21N3O4S/c20-15-14(4-3-9-17-15)18-24(22,23)13-7-5-12(6-8-13)16(21)19-10-1-2-11-19/h5-8,14,18H,1-4,9-11H2,(H,17,20)/t14-/m0/s1. The van der Waals surface area contributed by atoms with Crippen LogP contribution < -0.4 is 10.0 Å². The van der Waals surface area contributed by atoms with Crippen LogP contribution in [0.25, 0.3) is 0 Å². The Bertz CT molecular complexity index is 724. The first-order chi connectivity index (χ1) is 11.5. The second-order valence-corrected chi connectivity index (χ2v) is 7.84. The van der Waals surface area contributed by atoms with Crippen molar-refractivity contribution >= 4 is 21.8 Å². The zero-order valence-electron chi connectivity index (χ0n) is 13.3. The quantitative estimate of drug-likeness (QED) is 0.825. The topological polar surface area (TPSA) is 95.6 Å². The smallest absolute Gasteiger partial charge is 0.253 e. The van der Waals surface area contributed by atoms with Crippen LogP contribution in [0.5, 0.6) is 0 Å². The Morgan fingerprint density at radius 1 is 1.12 bits per heavy atom. The maximum Gasteiger partial charge on any atom is 0.253 e. The highest BCUT2D eigenvalue weighted by Crippen LogP contribution is 2.16. The number of sulfonamides is 1. The minimum atomic E-state index is -3.79. The Labute approximate surface area is 141 Å². The van der Waals surface area contributed by atoms with Crippen LogP contribution in [0.15, 0.2) is 29.2 Å². The fourth-order valence-corrected chi connectivity index (χ4v) is 4.25. The molecule has 2 fully saturated rings. The van der Waals surface area contributed by atoms with E-state index in [1.54, 1.807) is 4.90 Å². The van der Waals surface area contributed by atoms with Gasteiger partial charge >= 0.3 is 0 Å². The maximum absolute atomic E-state index is 12.4. The fourth-order valence-electron chi connectivity index (χ4n) is 3.02. The molecule has 0 bridgehead atoms. The Morgan fingerprint density at radius 2 is 1.79 bits per heavy atom. The van der Waals surface area contributed by atoms with Crippen molar-refractivity contribution in [1.82, 2.24) is 14.9 Å². The number of hydrogen-bond donors (Lipinski definition) is 2. The maximum atomic E-state index is 12.4. The van der Waals surface area contributed by atoms with Crippen LogP contribution in [0, 0.1) is 0 Å². The first kappa shape index (κ1) is 16.9. The second-order valence-electron chi connectivity index (χ2n) is 6.13. The molecule has 1 aromatic rings. The third-order valence-electron chi connectivity index (χ3n) is 4.39. The summed E-state index contributed by atoms with van der Waals surface area (Å²) in [6, 6.07) is 5.13. The number of piperidine rings is 1. The Morgan fingerprint density at radius 3 is 2.42 bits per heavy atom. The summed E-state index contributed by atoms with van der Waals surface area (Å²) < 4.78 is 27.2. The van der Waals surface area contributed by atoms with Crippen LogP contribution >= 0.6 is 0 Å². The highest BCUT2D eigenvalue weighted by atomic mass is 32.2. The summed E-state index contributed by atoms with van der Waals surface area (Å²) in [5.74, 6) is -0.373. The molecule has 2 N–H and O–H groups in total. The molecule has 0 saturated carbocycles. The number of rotatable bonds is 4. The van der Waals surface area contributed by atoms with E-state index in [1.165, 1.54) is 24.3 Å². The summed E-state index contributed by atoms with van der Waals surface area (Å²) in [6.45, 7) is 2.07. The van der Waals surface area contributed by atoms with Gasteiger partial charge in [-0.1, -0.05) is 0 Å². The van der Waals surface area contributed by atoms with E-state index in [1.807, 2.05) is 0 Å². The molecule has 2 aliphatic heterocycles. The monoisotopic (exact) mass is 351 g/mol. The third kappa shape index (κ3) is 3.59. The van der Waals surface area contributed by atoms with E-state index < -0.39 is 16.1 Å². The number of hydrogen-bond acceptors (Lipinski definition) is 4. The molecule has 3 rings (SSSR count). The number of carbonyl (C=O) groups excluding carboxylic acids is 2. The highest BCUT2D eigenvalue weighted by Gasteiger charge is 2.28. The Kier molecular flexibility index (Phi) is 4.86. The molecule has 0 spiro atoms. The van der Waals surface area contributed by atoms with Gasteiger partial charge in [-0.05, 0) is 49.9 Å². The first-order valence-corrected chi connectivity index (χ1v) is 9.65. The highest BCUT2D eigenvalue weighted by molar-refractivity contribution is 7.89. The summed E-state index contributed by atoms with van der Waals surface area (Å²) in [5.41, 5.74) is 0.478. The molecule has 2 saturated heterocycles. The molecule has 0 radical (unpaired) electrons. The second kappa shape index (κ2) is 6.90. The molecular formula is C16H21N3O4S. The SMILES string of the molecule is O=C1NCCC[C@@H]1NS(=O)(=O)c1ccc(C(=O)N2CCCC2)cc1. The van der Waals surface area contributed by atoms with Crippen LogP contribution in [0.1, 0.15) is 36.0 Å². The average molecular weight is 351 g/mol.